The van der Waals surface area contributed by atoms with Crippen molar-refractivity contribution in [3.63, 3.8) is 0 Å². The Hall–Kier alpha value is 0.660. The lowest BCUT2D eigenvalue weighted by atomic mass is 9.44. The van der Waals surface area contributed by atoms with Gasteiger partial charge < -0.3 is 0 Å². The molecule has 3 unspecified atom stereocenters. The molecule has 3 heteroatoms. The van der Waals surface area contributed by atoms with Crippen molar-refractivity contribution < 1.29 is 0 Å². The minimum absolute atomic E-state index is 0.545. The summed E-state index contributed by atoms with van der Waals surface area (Å²) < 4.78 is 1.27. The highest BCUT2D eigenvalue weighted by Crippen LogP contribution is 2.70. The van der Waals surface area contributed by atoms with Gasteiger partial charge in [0.1, 0.15) is 0 Å². The zero-order valence-corrected chi connectivity index (χ0v) is 15.3. The lowest BCUT2D eigenvalue weighted by Gasteiger charge is -2.62. The molecule has 4 bridgehead atoms. The monoisotopic (exact) mass is 402 g/mol. The fourth-order valence-corrected chi connectivity index (χ4v) is 8.37. The normalized spacial score (nSPS) is 45.6. The number of rotatable bonds is 2. The maximum Gasteiger partial charge on any atom is 0.0701 e. The van der Waals surface area contributed by atoms with Crippen molar-refractivity contribution >= 4 is 43.2 Å². The molecule has 0 aromatic carbocycles. The lowest BCUT2D eigenvalue weighted by molar-refractivity contribution is -0.101. The van der Waals surface area contributed by atoms with Crippen LogP contribution in [-0.4, -0.2) is 0 Å². The van der Waals surface area contributed by atoms with Crippen LogP contribution in [0.5, 0.6) is 0 Å². The maximum absolute atomic E-state index is 4.10. The van der Waals surface area contributed by atoms with Gasteiger partial charge in [-0.05, 0) is 89.3 Å². The standard InChI is InChI=1S/C16H20Br2S/c1-15-5-10-4-11(6-15)8-16(7-10,9-15)14(18)12-2-3-13(17)19-12/h2-3,10-11,14H,4-9H2,1H3. The molecule has 0 spiro atoms. The van der Waals surface area contributed by atoms with Crippen LogP contribution in [0.2, 0.25) is 0 Å². The zero-order chi connectivity index (χ0) is 13.3. The molecule has 5 rings (SSSR count). The van der Waals surface area contributed by atoms with E-state index in [0.29, 0.717) is 15.7 Å². The van der Waals surface area contributed by atoms with Crippen LogP contribution in [0, 0.1) is 22.7 Å². The third-order valence-corrected chi connectivity index (χ3v) is 9.24. The van der Waals surface area contributed by atoms with E-state index in [1.165, 1.54) is 47.2 Å². The van der Waals surface area contributed by atoms with E-state index in [1.807, 2.05) is 11.3 Å². The van der Waals surface area contributed by atoms with E-state index >= 15 is 0 Å². The molecule has 0 aliphatic heterocycles. The molecule has 1 aromatic heterocycles. The second kappa shape index (κ2) is 4.33. The molecule has 0 saturated heterocycles. The second-order valence-corrected chi connectivity index (χ2v) is 11.0. The molecule has 4 aliphatic carbocycles. The van der Waals surface area contributed by atoms with Crippen molar-refractivity contribution in [1.82, 2.24) is 0 Å². The Labute approximate surface area is 136 Å². The van der Waals surface area contributed by atoms with Crippen LogP contribution < -0.4 is 0 Å². The molecule has 4 aliphatic rings. The van der Waals surface area contributed by atoms with Crippen LogP contribution in [0.3, 0.4) is 0 Å². The number of halogens is 2. The Bertz CT molecular complexity index is 493. The van der Waals surface area contributed by atoms with Crippen LogP contribution in [0.25, 0.3) is 0 Å². The second-order valence-electron chi connectivity index (χ2n) is 7.64. The summed E-state index contributed by atoms with van der Waals surface area (Å²) in [4.78, 5) is 2.10. The van der Waals surface area contributed by atoms with Crippen LogP contribution in [0.4, 0.5) is 0 Å². The quantitative estimate of drug-likeness (QED) is 0.490. The minimum atomic E-state index is 0.545. The fraction of sp³-hybridized carbons (Fsp3) is 0.750. The van der Waals surface area contributed by atoms with Crippen molar-refractivity contribution in [2.24, 2.45) is 22.7 Å². The van der Waals surface area contributed by atoms with Gasteiger partial charge in [-0.15, -0.1) is 11.3 Å². The van der Waals surface area contributed by atoms with Gasteiger partial charge in [-0.2, -0.15) is 0 Å². The van der Waals surface area contributed by atoms with E-state index in [4.69, 9.17) is 0 Å². The minimum Gasteiger partial charge on any atom is -0.132 e. The van der Waals surface area contributed by atoms with Crippen molar-refractivity contribution in [3.05, 3.63) is 20.8 Å². The van der Waals surface area contributed by atoms with E-state index in [9.17, 15) is 0 Å². The molecule has 0 N–H and O–H groups in total. The third kappa shape index (κ3) is 2.10. The SMILES string of the molecule is CC12CC3CC(C1)CC(C(Br)c1ccc(Br)s1)(C3)C2. The largest absolute Gasteiger partial charge is 0.132 e. The maximum atomic E-state index is 4.10. The molecule has 0 radical (unpaired) electrons. The summed E-state index contributed by atoms with van der Waals surface area (Å²) >= 11 is 9.63. The van der Waals surface area contributed by atoms with Gasteiger partial charge in [0.2, 0.25) is 0 Å². The first-order valence-electron chi connectivity index (χ1n) is 7.37. The highest BCUT2D eigenvalue weighted by Gasteiger charge is 2.58. The average molecular weight is 404 g/mol. The fourth-order valence-electron chi connectivity index (χ4n) is 5.86. The highest BCUT2D eigenvalue weighted by atomic mass is 79.9. The zero-order valence-electron chi connectivity index (χ0n) is 11.3. The van der Waals surface area contributed by atoms with Crippen LogP contribution in [0.15, 0.2) is 15.9 Å². The van der Waals surface area contributed by atoms with Crippen molar-refractivity contribution in [3.8, 4) is 0 Å². The summed E-state index contributed by atoms with van der Waals surface area (Å²) in [6.45, 7) is 2.56. The first-order valence-corrected chi connectivity index (χ1v) is 9.90. The Morgan fingerprint density at radius 1 is 1.21 bits per heavy atom. The van der Waals surface area contributed by atoms with Crippen molar-refractivity contribution in [2.45, 2.75) is 50.3 Å². The topological polar surface area (TPSA) is 0 Å². The van der Waals surface area contributed by atoms with Crippen LogP contribution in [0.1, 0.15) is 55.2 Å². The average Bonchev–Trinajstić information content (AvgIpc) is 2.71. The molecule has 0 nitrogen and oxygen atoms in total. The summed E-state index contributed by atoms with van der Waals surface area (Å²) in [6, 6.07) is 4.52. The molecule has 4 fully saturated rings. The summed E-state index contributed by atoms with van der Waals surface area (Å²) in [7, 11) is 0. The molecular weight excluding hydrogens is 384 g/mol. The molecule has 4 saturated carbocycles. The van der Waals surface area contributed by atoms with Gasteiger partial charge in [-0.3, -0.25) is 0 Å². The summed E-state index contributed by atoms with van der Waals surface area (Å²) in [5.74, 6) is 2.02. The number of alkyl halides is 1. The molecule has 19 heavy (non-hydrogen) atoms. The summed E-state index contributed by atoms with van der Waals surface area (Å²) in [6.07, 6.45) is 8.89. The lowest BCUT2D eigenvalue weighted by Crippen LogP contribution is -2.52. The molecule has 0 amide bonds. The third-order valence-electron chi connectivity index (χ3n) is 5.78. The van der Waals surface area contributed by atoms with Crippen LogP contribution >= 0.6 is 43.2 Å². The number of hydrogen-bond acceptors (Lipinski definition) is 1. The van der Waals surface area contributed by atoms with Gasteiger partial charge in [0.15, 0.2) is 0 Å². The molecule has 1 heterocycles. The van der Waals surface area contributed by atoms with E-state index in [-0.39, 0.29) is 0 Å². The molecule has 104 valence electrons. The predicted octanol–water partition coefficient (Wildman–Crippen LogP) is 6.55. The highest BCUT2D eigenvalue weighted by molar-refractivity contribution is 9.11. The Morgan fingerprint density at radius 3 is 2.42 bits per heavy atom. The van der Waals surface area contributed by atoms with E-state index < -0.39 is 0 Å². The number of thiophene rings is 1. The number of hydrogen-bond donors (Lipinski definition) is 0. The van der Waals surface area contributed by atoms with Crippen molar-refractivity contribution in [1.29, 1.82) is 0 Å². The Morgan fingerprint density at radius 2 is 1.89 bits per heavy atom. The van der Waals surface area contributed by atoms with Gasteiger partial charge in [0.25, 0.3) is 0 Å². The first kappa shape index (κ1) is 13.3. The predicted molar refractivity (Wildman–Crippen MR) is 88.9 cm³/mol. The Kier molecular flexibility index (Phi) is 3.04. The molecular formula is C16H20Br2S. The van der Waals surface area contributed by atoms with E-state index in [2.05, 4.69) is 50.9 Å². The van der Waals surface area contributed by atoms with E-state index in [1.54, 1.807) is 0 Å². The molecule has 1 aromatic rings. The smallest absolute Gasteiger partial charge is 0.0701 e. The summed E-state index contributed by atoms with van der Waals surface area (Å²) in [5, 5.41) is 0. The molecule has 3 atom stereocenters. The van der Waals surface area contributed by atoms with Crippen LogP contribution in [-0.2, 0) is 0 Å². The van der Waals surface area contributed by atoms with Crippen molar-refractivity contribution in [2.75, 3.05) is 0 Å². The van der Waals surface area contributed by atoms with Gasteiger partial charge >= 0.3 is 0 Å². The van der Waals surface area contributed by atoms with Gasteiger partial charge in [-0.25, -0.2) is 0 Å². The summed E-state index contributed by atoms with van der Waals surface area (Å²) in [5.41, 5.74) is 1.19. The Balaban J connectivity index is 1.70. The van der Waals surface area contributed by atoms with Gasteiger partial charge in [-0.1, -0.05) is 22.9 Å². The van der Waals surface area contributed by atoms with Gasteiger partial charge in [0, 0.05) is 4.88 Å². The van der Waals surface area contributed by atoms with E-state index in [0.717, 1.165) is 11.8 Å². The first-order chi connectivity index (χ1) is 8.98. The van der Waals surface area contributed by atoms with Gasteiger partial charge in [0.05, 0.1) is 8.61 Å².